The van der Waals surface area contributed by atoms with Crippen molar-refractivity contribution in [3.8, 4) is 11.4 Å². The molecule has 1 aliphatic rings. The van der Waals surface area contributed by atoms with Gasteiger partial charge in [0.1, 0.15) is 0 Å². The molecule has 0 unspecified atom stereocenters. The molecule has 8 nitrogen and oxygen atoms in total. The Labute approximate surface area is 131 Å². The zero-order valence-electron chi connectivity index (χ0n) is 12.6. The molecule has 2 aromatic heterocycles. The van der Waals surface area contributed by atoms with Gasteiger partial charge < -0.3 is 5.32 Å². The number of aromatic amines is 1. The van der Waals surface area contributed by atoms with E-state index in [0.717, 1.165) is 36.1 Å². The average Bonchev–Trinajstić information content (AvgIpc) is 3.23. The van der Waals surface area contributed by atoms with Crippen LogP contribution < -0.4 is 5.32 Å². The van der Waals surface area contributed by atoms with E-state index >= 15 is 0 Å². The van der Waals surface area contributed by atoms with Gasteiger partial charge in [-0.1, -0.05) is 12.1 Å². The maximum absolute atomic E-state index is 12.5. The van der Waals surface area contributed by atoms with Crippen LogP contribution >= 0.6 is 0 Å². The van der Waals surface area contributed by atoms with Crippen molar-refractivity contribution in [3.05, 3.63) is 41.2 Å². The maximum atomic E-state index is 12.5. The smallest absolute Gasteiger partial charge is 0.276 e. The molecule has 0 atom stereocenters. The van der Waals surface area contributed by atoms with Gasteiger partial charge in [0, 0.05) is 29.6 Å². The molecule has 2 N–H and O–H groups in total. The first-order valence-electron chi connectivity index (χ1n) is 7.42. The van der Waals surface area contributed by atoms with E-state index in [1.165, 1.54) is 0 Å². The van der Waals surface area contributed by atoms with Crippen molar-refractivity contribution < 1.29 is 4.79 Å². The number of nitrogens with zero attached hydrogens (tertiary/aromatic N) is 5. The van der Waals surface area contributed by atoms with Crippen LogP contribution in [0, 0.1) is 0 Å². The normalized spacial score (nSPS) is 13.1. The predicted octanol–water partition coefficient (Wildman–Crippen LogP) is 1.34. The summed E-state index contributed by atoms with van der Waals surface area (Å²) in [5.74, 6) is 0.444. The average molecular weight is 309 g/mol. The highest BCUT2D eigenvalue weighted by molar-refractivity contribution is 6.04. The van der Waals surface area contributed by atoms with Gasteiger partial charge in [-0.3, -0.25) is 9.89 Å². The Hall–Kier alpha value is -3.03. The van der Waals surface area contributed by atoms with E-state index in [-0.39, 0.29) is 5.91 Å². The monoisotopic (exact) mass is 309 g/mol. The van der Waals surface area contributed by atoms with Crippen LogP contribution in [-0.2, 0) is 19.9 Å². The van der Waals surface area contributed by atoms with Gasteiger partial charge in [-0.05, 0) is 41.8 Å². The molecule has 0 bridgehead atoms. The number of H-pyrrole nitrogens is 1. The minimum absolute atomic E-state index is 0.197. The summed E-state index contributed by atoms with van der Waals surface area (Å²) in [6.45, 7) is 0. The summed E-state index contributed by atoms with van der Waals surface area (Å²) in [6, 6.07) is 7.43. The molecule has 3 aromatic rings. The van der Waals surface area contributed by atoms with Gasteiger partial charge in [-0.15, -0.1) is 5.10 Å². The SMILES string of the molecule is Cn1nnnc1-c1cccc(NC(=O)c2n[nH]c3c2CCC3)c1. The van der Waals surface area contributed by atoms with Gasteiger partial charge in [-0.25, -0.2) is 4.68 Å². The Morgan fingerprint density at radius 1 is 1.35 bits per heavy atom. The number of hydrogen-bond acceptors (Lipinski definition) is 5. The van der Waals surface area contributed by atoms with Crippen molar-refractivity contribution in [2.45, 2.75) is 19.3 Å². The molecule has 0 aliphatic heterocycles. The molecule has 0 radical (unpaired) electrons. The summed E-state index contributed by atoms with van der Waals surface area (Å²) in [5, 5.41) is 21.4. The van der Waals surface area contributed by atoms with Crippen molar-refractivity contribution >= 4 is 11.6 Å². The second-order valence-corrected chi connectivity index (χ2v) is 5.54. The predicted molar refractivity (Wildman–Crippen MR) is 82.8 cm³/mol. The van der Waals surface area contributed by atoms with Crippen LogP contribution in [0.2, 0.25) is 0 Å². The van der Waals surface area contributed by atoms with E-state index in [9.17, 15) is 4.79 Å². The number of rotatable bonds is 3. The van der Waals surface area contributed by atoms with Crippen LogP contribution in [0.1, 0.15) is 28.2 Å². The Balaban J connectivity index is 1.59. The van der Waals surface area contributed by atoms with Crippen LogP contribution in [0.4, 0.5) is 5.69 Å². The van der Waals surface area contributed by atoms with Crippen molar-refractivity contribution in [1.29, 1.82) is 0 Å². The first-order chi connectivity index (χ1) is 11.2. The molecule has 1 aromatic carbocycles. The molecule has 0 spiro atoms. The molecule has 1 aliphatic carbocycles. The minimum atomic E-state index is -0.197. The molecular weight excluding hydrogens is 294 g/mol. The number of fused-ring (bicyclic) bond motifs is 1. The number of benzene rings is 1. The summed E-state index contributed by atoms with van der Waals surface area (Å²) in [6.07, 6.45) is 2.93. The first kappa shape index (κ1) is 13.6. The van der Waals surface area contributed by atoms with Crippen LogP contribution in [0.5, 0.6) is 0 Å². The number of carbonyl (C=O) groups excluding carboxylic acids is 1. The van der Waals surface area contributed by atoms with E-state index in [1.54, 1.807) is 11.7 Å². The number of aryl methyl sites for hydroxylation is 2. The third-order valence-electron chi connectivity index (χ3n) is 4.02. The van der Waals surface area contributed by atoms with Crippen LogP contribution in [0.15, 0.2) is 24.3 Å². The fraction of sp³-hybridized carbons (Fsp3) is 0.267. The second kappa shape index (κ2) is 5.31. The Morgan fingerprint density at radius 3 is 3.09 bits per heavy atom. The fourth-order valence-electron chi connectivity index (χ4n) is 2.91. The number of amides is 1. The molecule has 0 fully saturated rings. The minimum Gasteiger partial charge on any atom is -0.321 e. The molecular formula is C15H15N7O. The first-order valence-corrected chi connectivity index (χ1v) is 7.42. The van der Waals surface area contributed by atoms with Gasteiger partial charge in [-0.2, -0.15) is 5.10 Å². The Kier molecular flexibility index (Phi) is 3.14. The van der Waals surface area contributed by atoms with Gasteiger partial charge >= 0.3 is 0 Å². The molecule has 116 valence electrons. The van der Waals surface area contributed by atoms with Crippen molar-refractivity contribution in [3.63, 3.8) is 0 Å². The summed E-state index contributed by atoms with van der Waals surface area (Å²) in [7, 11) is 1.77. The maximum Gasteiger partial charge on any atom is 0.276 e. The van der Waals surface area contributed by atoms with E-state index in [0.29, 0.717) is 17.2 Å². The number of anilines is 1. The highest BCUT2D eigenvalue weighted by Gasteiger charge is 2.23. The fourth-order valence-corrected chi connectivity index (χ4v) is 2.91. The van der Waals surface area contributed by atoms with Gasteiger partial charge in [0.2, 0.25) is 0 Å². The number of tetrazole rings is 1. The van der Waals surface area contributed by atoms with Crippen molar-refractivity contribution in [1.82, 2.24) is 30.4 Å². The number of nitrogens with one attached hydrogen (secondary N) is 2. The molecule has 8 heteroatoms. The van der Waals surface area contributed by atoms with Gasteiger partial charge in [0.15, 0.2) is 11.5 Å². The second-order valence-electron chi connectivity index (χ2n) is 5.54. The standard InChI is InChI=1S/C15H15N7O/c1-22-14(19-20-21-22)9-4-2-5-10(8-9)16-15(23)13-11-6-3-7-12(11)17-18-13/h2,4-5,8H,3,6-7H2,1H3,(H,16,23)(H,17,18). The summed E-state index contributed by atoms with van der Waals surface area (Å²) in [4.78, 5) is 12.5. The highest BCUT2D eigenvalue weighted by Crippen LogP contribution is 2.24. The Morgan fingerprint density at radius 2 is 2.26 bits per heavy atom. The number of carbonyl (C=O) groups is 1. The molecule has 4 rings (SSSR count). The number of hydrogen-bond donors (Lipinski definition) is 2. The molecule has 23 heavy (non-hydrogen) atoms. The van der Waals surface area contributed by atoms with Gasteiger partial charge in [0.05, 0.1) is 0 Å². The molecule has 0 saturated carbocycles. The lowest BCUT2D eigenvalue weighted by Crippen LogP contribution is -2.14. The molecule has 2 heterocycles. The zero-order chi connectivity index (χ0) is 15.8. The van der Waals surface area contributed by atoms with E-state index in [1.807, 2.05) is 24.3 Å². The van der Waals surface area contributed by atoms with Crippen LogP contribution in [0.25, 0.3) is 11.4 Å². The molecule has 0 saturated heterocycles. The zero-order valence-corrected chi connectivity index (χ0v) is 12.6. The van der Waals surface area contributed by atoms with Crippen LogP contribution in [-0.4, -0.2) is 36.3 Å². The lowest BCUT2D eigenvalue weighted by atomic mass is 10.1. The van der Waals surface area contributed by atoms with Crippen molar-refractivity contribution in [2.75, 3.05) is 5.32 Å². The number of aromatic nitrogens is 6. The van der Waals surface area contributed by atoms with Gasteiger partial charge in [0.25, 0.3) is 5.91 Å². The highest BCUT2D eigenvalue weighted by atomic mass is 16.1. The summed E-state index contributed by atoms with van der Waals surface area (Å²) in [5.41, 5.74) is 4.13. The topological polar surface area (TPSA) is 101 Å². The quantitative estimate of drug-likeness (QED) is 0.760. The Bertz CT molecular complexity index is 880. The molecule has 1 amide bonds. The summed E-state index contributed by atoms with van der Waals surface area (Å²) >= 11 is 0. The third kappa shape index (κ3) is 2.37. The van der Waals surface area contributed by atoms with E-state index in [2.05, 4.69) is 31.0 Å². The van der Waals surface area contributed by atoms with E-state index in [4.69, 9.17) is 0 Å². The lowest BCUT2D eigenvalue weighted by Gasteiger charge is -2.06. The summed E-state index contributed by atoms with van der Waals surface area (Å²) < 4.78 is 1.58. The van der Waals surface area contributed by atoms with Crippen LogP contribution in [0.3, 0.4) is 0 Å². The lowest BCUT2D eigenvalue weighted by molar-refractivity contribution is 0.102. The van der Waals surface area contributed by atoms with E-state index < -0.39 is 0 Å². The third-order valence-corrected chi connectivity index (χ3v) is 4.02. The van der Waals surface area contributed by atoms with Crippen molar-refractivity contribution in [2.24, 2.45) is 7.05 Å². The largest absolute Gasteiger partial charge is 0.321 e.